The molecule has 136 valence electrons. The third-order valence-electron chi connectivity index (χ3n) is 4.18. The lowest BCUT2D eigenvalue weighted by molar-refractivity contribution is 0.0949. The molecule has 0 saturated heterocycles. The average Bonchev–Trinajstić information content (AvgIpc) is 2.95. The van der Waals surface area contributed by atoms with Gasteiger partial charge in [-0.2, -0.15) is 10.4 Å². The molecule has 0 aliphatic heterocycles. The maximum atomic E-state index is 12.6. The maximum Gasteiger partial charge on any atom is 0.255 e. The topological polar surface area (TPSA) is 104 Å². The number of H-pyrrole nitrogens is 1. The molecule has 0 fully saturated rings. The maximum absolute atomic E-state index is 12.6. The number of carbonyl (C=O) groups is 1. The standard InChI is InChI=1S/C19H16ClN5O2/c1-11-17(19(27)23-10-14-4-3-7-22-18(14)26)12(2)25(24-11)15-6-5-13(9-21)16(20)8-15/h3-8H,10H2,1-2H3,(H,22,26)(H,23,27). The van der Waals surface area contributed by atoms with Crippen LogP contribution in [0.2, 0.25) is 5.02 Å². The number of aromatic nitrogens is 3. The van der Waals surface area contributed by atoms with E-state index in [1.165, 1.54) is 6.20 Å². The first kappa shape index (κ1) is 18.4. The molecule has 0 spiro atoms. The second-order valence-electron chi connectivity index (χ2n) is 5.94. The number of carbonyl (C=O) groups excluding carboxylic acids is 1. The first-order chi connectivity index (χ1) is 12.9. The Labute approximate surface area is 160 Å². The van der Waals surface area contributed by atoms with Gasteiger partial charge in [-0.05, 0) is 38.1 Å². The number of nitrogens with zero attached hydrogens (tertiary/aromatic N) is 3. The van der Waals surface area contributed by atoms with Crippen LogP contribution in [0.1, 0.15) is 32.9 Å². The molecule has 3 rings (SSSR count). The van der Waals surface area contributed by atoms with Crippen molar-refractivity contribution in [2.75, 3.05) is 0 Å². The molecule has 3 aromatic rings. The lowest BCUT2D eigenvalue weighted by atomic mass is 10.1. The van der Waals surface area contributed by atoms with E-state index in [9.17, 15) is 9.59 Å². The van der Waals surface area contributed by atoms with Gasteiger partial charge in [0.15, 0.2) is 0 Å². The fraction of sp³-hybridized carbons (Fsp3) is 0.158. The predicted octanol–water partition coefficient (Wildman–Crippen LogP) is 2.63. The van der Waals surface area contributed by atoms with E-state index in [4.69, 9.17) is 16.9 Å². The van der Waals surface area contributed by atoms with Crippen molar-refractivity contribution in [2.45, 2.75) is 20.4 Å². The lowest BCUT2D eigenvalue weighted by Gasteiger charge is -2.07. The molecule has 0 saturated carbocycles. The van der Waals surface area contributed by atoms with Gasteiger partial charge in [-0.3, -0.25) is 9.59 Å². The van der Waals surface area contributed by atoms with E-state index >= 15 is 0 Å². The minimum Gasteiger partial charge on any atom is -0.348 e. The molecule has 1 amide bonds. The van der Waals surface area contributed by atoms with Crippen molar-refractivity contribution in [3.8, 4) is 11.8 Å². The van der Waals surface area contributed by atoms with Crippen LogP contribution in [0.5, 0.6) is 0 Å². The number of rotatable bonds is 4. The van der Waals surface area contributed by atoms with Gasteiger partial charge in [0.2, 0.25) is 0 Å². The van der Waals surface area contributed by atoms with E-state index in [1.807, 2.05) is 6.07 Å². The highest BCUT2D eigenvalue weighted by molar-refractivity contribution is 6.31. The van der Waals surface area contributed by atoms with Crippen LogP contribution >= 0.6 is 11.6 Å². The summed E-state index contributed by atoms with van der Waals surface area (Å²) in [5.74, 6) is -0.320. The van der Waals surface area contributed by atoms with Gasteiger partial charge in [0, 0.05) is 18.3 Å². The number of nitriles is 1. The number of halogens is 1. The summed E-state index contributed by atoms with van der Waals surface area (Å²) in [6, 6.07) is 10.3. The normalized spacial score (nSPS) is 10.4. The summed E-state index contributed by atoms with van der Waals surface area (Å²) < 4.78 is 1.60. The van der Waals surface area contributed by atoms with E-state index in [0.717, 1.165) is 0 Å². The van der Waals surface area contributed by atoms with Gasteiger partial charge < -0.3 is 10.3 Å². The van der Waals surface area contributed by atoms with Gasteiger partial charge in [0.25, 0.3) is 11.5 Å². The quantitative estimate of drug-likeness (QED) is 0.724. The summed E-state index contributed by atoms with van der Waals surface area (Å²) in [7, 11) is 0. The number of benzene rings is 1. The predicted molar refractivity (Wildman–Crippen MR) is 101 cm³/mol. The highest BCUT2D eigenvalue weighted by Gasteiger charge is 2.20. The molecular weight excluding hydrogens is 366 g/mol. The van der Waals surface area contributed by atoms with Crippen LogP contribution in [-0.4, -0.2) is 20.7 Å². The van der Waals surface area contributed by atoms with Crippen LogP contribution in [0.25, 0.3) is 5.69 Å². The van der Waals surface area contributed by atoms with Crippen LogP contribution in [0.15, 0.2) is 41.3 Å². The third kappa shape index (κ3) is 3.61. The van der Waals surface area contributed by atoms with Gasteiger partial charge in [-0.25, -0.2) is 4.68 Å². The first-order valence-corrected chi connectivity index (χ1v) is 8.51. The van der Waals surface area contributed by atoms with Crippen molar-refractivity contribution < 1.29 is 4.79 Å². The number of hydrogen-bond acceptors (Lipinski definition) is 4. The fourth-order valence-electron chi connectivity index (χ4n) is 2.81. The zero-order chi connectivity index (χ0) is 19.6. The van der Waals surface area contributed by atoms with Crippen molar-refractivity contribution in [2.24, 2.45) is 0 Å². The summed E-state index contributed by atoms with van der Waals surface area (Å²) in [5, 5.41) is 16.5. The molecule has 0 radical (unpaired) electrons. The largest absolute Gasteiger partial charge is 0.348 e. The SMILES string of the molecule is Cc1nn(-c2ccc(C#N)c(Cl)c2)c(C)c1C(=O)NCc1ccc[nH]c1=O. The Kier molecular flexibility index (Phi) is 5.10. The molecule has 0 unspecified atom stereocenters. The number of hydrogen-bond donors (Lipinski definition) is 2. The van der Waals surface area contributed by atoms with E-state index in [2.05, 4.69) is 15.4 Å². The van der Waals surface area contributed by atoms with Crippen LogP contribution in [-0.2, 0) is 6.54 Å². The zero-order valence-corrected chi connectivity index (χ0v) is 15.5. The molecule has 7 nitrogen and oxygen atoms in total. The molecule has 0 bridgehead atoms. The van der Waals surface area contributed by atoms with Crippen molar-refractivity contribution >= 4 is 17.5 Å². The Morgan fingerprint density at radius 3 is 2.81 bits per heavy atom. The number of pyridine rings is 1. The van der Waals surface area contributed by atoms with Crippen LogP contribution in [0, 0.1) is 25.2 Å². The molecule has 2 heterocycles. The van der Waals surface area contributed by atoms with E-state index in [0.29, 0.717) is 38.8 Å². The highest BCUT2D eigenvalue weighted by atomic mass is 35.5. The van der Waals surface area contributed by atoms with Crippen LogP contribution in [0.3, 0.4) is 0 Å². The van der Waals surface area contributed by atoms with Crippen molar-refractivity contribution in [1.29, 1.82) is 5.26 Å². The van der Waals surface area contributed by atoms with Crippen molar-refractivity contribution in [1.82, 2.24) is 20.1 Å². The Morgan fingerprint density at radius 1 is 1.37 bits per heavy atom. The Hall–Kier alpha value is -3.37. The van der Waals surface area contributed by atoms with Crippen LogP contribution in [0.4, 0.5) is 0 Å². The first-order valence-electron chi connectivity index (χ1n) is 8.13. The smallest absolute Gasteiger partial charge is 0.255 e. The van der Waals surface area contributed by atoms with Crippen molar-refractivity contribution in [3.63, 3.8) is 0 Å². The molecule has 0 atom stereocenters. The zero-order valence-electron chi connectivity index (χ0n) is 14.7. The highest BCUT2D eigenvalue weighted by Crippen LogP contribution is 2.23. The van der Waals surface area contributed by atoms with Crippen LogP contribution < -0.4 is 10.9 Å². The van der Waals surface area contributed by atoms with E-state index in [-0.39, 0.29) is 18.0 Å². The fourth-order valence-corrected chi connectivity index (χ4v) is 3.03. The van der Waals surface area contributed by atoms with E-state index in [1.54, 1.807) is 48.9 Å². The molecular formula is C19H16ClN5O2. The Morgan fingerprint density at radius 2 is 2.15 bits per heavy atom. The summed E-state index contributed by atoms with van der Waals surface area (Å²) >= 11 is 6.10. The number of nitrogens with one attached hydrogen (secondary N) is 2. The van der Waals surface area contributed by atoms with E-state index < -0.39 is 0 Å². The summed E-state index contributed by atoms with van der Waals surface area (Å²) in [6.07, 6.45) is 1.54. The van der Waals surface area contributed by atoms with Gasteiger partial charge in [0.05, 0.1) is 33.2 Å². The number of amides is 1. The minimum atomic E-state index is -0.320. The third-order valence-corrected chi connectivity index (χ3v) is 4.49. The van der Waals surface area contributed by atoms with Gasteiger partial charge in [-0.1, -0.05) is 17.7 Å². The minimum absolute atomic E-state index is 0.113. The van der Waals surface area contributed by atoms with Gasteiger partial charge >= 0.3 is 0 Å². The molecule has 2 aromatic heterocycles. The average molecular weight is 382 g/mol. The summed E-state index contributed by atoms with van der Waals surface area (Å²) in [4.78, 5) is 26.9. The monoisotopic (exact) mass is 381 g/mol. The molecule has 0 aliphatic carbocycles. The molecule has 8 heteroatoms. The molecule has 2 N–H and O–H groups in total. The Balaban J connectivity index is 1.88. The van der Waals surface area contributed by atoms with Gasteiger partial charge in [-0.15, -0.1) is 0 Å². The summed E-state index contributed by atoms with van der Waals surface area (Å²) in [6.45, 7) is 3.62. The molecule has 1 aromatic carbocycles. The Bertz CT molecular complexity index is 1120. The lowest BCUT2D eigenvalue weighted by Crippen LogP contribution is -2.27. The number of aromatic amines is 1. The second kappa shape index (κ2) is 7.48. The number of aryl methyl sites for hydroxylation is 1. The molecule has 0 aliphatic rings. The molecule has 27 heavy (non-hydrogen) atoms. The van der Waals surface area contributed by atoms with Crippen molar-refractivity contribution in [3.05, 3.63) is 80.0 Å². The summed E-state index contributed by atoms with van der Waals surface area (Å²) in [5.41, 5.74) is 2.86. The van der Waals surface area contributed by atoms with Gasteiger partial charge in [0.1, 0.15) is 6.07 Å². The second-order valence-corrected chi connectivity index (χ2v) is 6.35.